The Hall–Kier alpha value is -2.96. The van der Waals surface area contributed by atoms with E-state index in [1.165, 1.54) is 5.69 Å². The van der Waals surface area contributed by atoms with Gasteiger partial charge in [0.15, 0.2) is 5.82 Å². The van der Waals surface area contributed by atoms with Gasteiger partial charge < -0.3 is 4.90 Å². The van der Waals surface area contributed by atoms with Gasteiger partial charge in [-0.15, -0.1) is 0 Å². The average molecular weight is 336 g/mol. The van der Waals surface area contributed by atoms with Gasteiger partial charge in [-0.25, -0.2) is 9.67 Å². The number of aromatic nitrogens is 5. The van der Waals surface area contributed by atoms with Gasteiger partial charge in [-0.3, -0.25) is 9.48 Å². The van der Waals surface area contributed by atoms with Crippen LogP contribution in [0, 0.1) is 0 Å². The average Bonchev–Trinajstić information content (AvgIpc) is 3.33. The molecule has 1 aliphatic rings. The molecule has 1 saturated heterocycles. The van der Waals surface area contributed by atoms with E-state index in [4.69, 9.17) is 0 Å². The van der Waals surface area contributed by atoms with Gasteiger partial charge in [0.2, 0.25) is 0 Å². The van der Waals surface area contributed by atoms with Crippen molar-refractivity contribution in [2.24, 2.45) is 7.05 Å². The summed E-state index contributed by atoms with van der Waals surface area (Å²) in [5.41, 5.74) is 1.63. The van der Waals surface area contributed by atoms with Gasteiger partial charge in [0.25, 0.3) is 5.91 Å². The highest BCUT2D eigenvalue weighted by atomic mass is 16.2. The molecule has 128 valence electrons. The predicted molar refractivity (Wildman–Crippen MR) is 92.4 cm³/mol. The molecule has 1 amide bonds. The van der Waals surface area contributed by atoms with Gasteiger partial charge in [0.05, 0.1) is 0 Å². The summed E-state index contributed by atoms with van der Waals surface area (Å²) in [6, 6.07) is 9.33. The fourth-order valence-electron chi connectivity index (χ4n) is 3.42. The highest BCUT2D eigenvalue weighted by Crippen LogP contribution is 2.27. The number of piperidine rings is 1. The molecular formula is C18H20N6O. The zero-order valence-corrected chi connectivity index (χ0v) is 14.1. The summed E-state index contributed by atoms with van der Waals surface area (Å²) in [6.45, 7) is 1.47. The van der Waals surface area contributed by atoms with Gasteiger partial charge in [-0.2, -0.15) is 10.2 Å². The minimum atomic E-state index is -0.0270. The van der Waals surface area contributed by atoms with E-state index in [0.717, 1.165) is 19.4 Å². The molecule has 1 fully saturated rings. The Balaban J connectivity index is 1.54. The van der Waals surface area contributed by atoms with Gasteiger partial charge in [0.1, 0.15) is 5.69 Å². The summed E-state index contributed by atoms with van der Waals surface area (Å²) in [7, 11) is 1.95. The monoisotopic (exact) mass is 336 g/mol. The lowest BCUT2D eigenvalue weighted by Gasteiger charge is -2.32. The highest BCUT2D eigenvalue weighted by Gasteiger charge is 2.27. The molecular weight excluding hydrogens is 316 g/mol. The summed E-state index contributed by atoms with van der Waals surface area (Å²) in [5.74, 6) is 0.941. The molecule has 7 nitrogen and oxygen atoms in total. The van der Waals surface area contributed by atoms with E-state index in [2.05, 4.69) is 15.2 Å². The van der Waals surface area contributed by atoms with Crippen LogP contribution in [0.1, 0.15) is 34.9 Å². The van der Waals surface area contributed by atoms with Crippen LogP contribution in [0.3, 0.4) is 0 Å². The van der Waals surface area contributed by atoms with Crippen LogP contribution in [0.2, 0.25) is 0 Å². The third-order valence-corrected chi connectivity index (χ3v) is 4.68. The van der Waals surface area contributed by atoms with Crippen LogP contribution >= 0.6 is 0 Å². The molecule has 0 aromatic carbocycles. The van der Waals surface area contributed by atoms with Gasteiger partial charge in [-0.1, -0.05) is 6.07 Å². The summed E-state index contributed by atoms with van der Waals surface area (Å²) in [4.78, 5) is 19.3. The van der Waals surface area contributed by atoms with Crippen LogP contribution < -0.4 is 0 Å². The van der Waals surface area contributed by atoms with Gasteiger partial charge in [-0.05, 0) is 37.1 Å². The SMILES string of the molecule is Cn1nccc1C1CCCN(C(=O)c2cccc(-n3cccn3)n2)C1. The van der Waals surface area contributed by atoms with Crippen molar-refractivity contribution in [1.29, 1.82) is 0 Å². The number of carbonyl (C=O) groups is 1. The largest absolute Gasteiger partial charge is 0.337 e. The van der Waals surface area contributed by atoms with Crippen molar-refractivity contribution in [1.82, 2.24) is 29.4 Å². The van der Waals surface area contributed by atoms with E-state index in [9.17, 15) is 4.79 Å². The highest BCUT2D eigenvalue weighted by molar-refractivity contribution is 5.92. The Bertz CT molecular complexity index is 869. The first-order chi connectivity index (χ1) is 12.2. The summed E-state index contributed by atoms with van der Waals surface area (Å²) in [5, 5.41) is 8.43. The van der Waals surface area contributed by atoms with E-state index in [0.29, 0.717) is 24.0 Å². The molecule has 0 aliphatic carbocycles. The number of hydrogen-bond donors (Lipinski definition) is 0. The predicted octanol–water partition coefficient (Wildman–Crippen LogP) is 2.02. The molecule has 3 aromatic heterocycles. The molecule has 0 bridgehead atoms. The van der Waals surface area contributed by atoms with Crippen molar-refractivity contribution in [3.05, 3.63) is 60.3 Å². The maximum atomic E-state index is 12.9. The zero-order valence-electron chi connectivity index (χ0n) is 14.1. The number of pyridine rings is 1. The number of carbonyl (C=O) groups excluding carboxylic acids is 1. The maximum absolute atomic E-state index is 12.9. The third kappa shape index (κ3) is 3.05. The number of nitrogens with zero attached hydrogens (tertiary/aromatic N) is 6. The first-order valence-corrected chi connectivity index (χ1v) is 8.46. The van der Waals surface area contributed by atoms with Gasteiger partial charge >= 0.3 is 0 Å². The minimum absolute atomic E-state index is 0.0270. The second-order valence-electron chi connectivity index (χ2n) is 6.30. The lowest BCUT2D eigenvalue weighted by atomic mass is 9.94. The first-order valence-electron chi connectivity index (χ1n) is 8.46. The number of rotatable bonds is 3. The molecule has 1 aliphatic heterocycles. The Morgan fingerprint density at radius 2 is 2.08 bits per heavy atom. The molecule has 0 saturated carbocycles. The smallest absolute Gasteiger partial charge is 0.272 e. The Morgan fingerprint density at radius 3 is 2.84 bits per heavy atom. The molecule has 0 spiro atoms. The minimum Gasteiger partial charge on any atom is -0.337 e. The van der Waals surface area contributed by atoms with Crippen LogP contribution in [0.15, 0.2) is 48.9 Å². The molecule has 0 N–H and O–H groups in total. The number of amides is 1. The third-order valence-electron chi connectivity index (χ3n) is 4.68. The Morgan fingerprint density at radius 1 is 1.16 bits per heavy atom. The van der Waals surface area contributed by atoms with E-state index < -0.39 is 0 Å². The van der Waals surface area contributed by atoms with E-state index in [1.807, 2.05) is 53.3 Å². The number of aryl methyl sites for hydroxylation is 1. The van der Waals surface area contributed by atoms with Crippen molar-refractivity contribution in [2.45, 2.75) is 18.8 Å². The summed E-state index contributed by atoms with van der Waals surface area (Å²) < 4.78 is 3.56. The normalized spacial score (nSPS) is 17.6. The topological polar surface area (TPSA) is 68.8 Å². The van der Waals surface area contributed by atoms with E-state index >= 15 is 0 Å². The lowest BCUT2D eigenvalue weighted by Crippen LogP contribution is -2.40. The zero-order chi connectivity index (χ0) is 17.2. The number of hydrogen-bond acceptors (Lipinski definition) is 4. The number of likely N-dealkylation sites (tertiary alicyclic amines) is 1. The van der Waals surface area contributed by atoms with Crippen LogP contribution in [0.25, 0.3) is 5.82 Å². The van der Waals surface area contributed by atoms with Crippen LogP contribution in [-0.4, -0.2) is 48.4 Å². The fourth-order valence-corrected chi connectivity index (χ4v) is 3.42. The maximum Gasteiger partial charge on any atom is 0.272 e. The van der Waals surface area contributed by atoms with E-state index in [-0.39, 0.29) is 5.91 Å². The standard InChI is InChI=1S/C18H20N6O/c1-22-16(8-10-19-22)14-5-3-11-23(13-14)18(25)15-6-2-7-17(21-15)24-12-4-9-20-24/h2,4,6-10,12,14H,3,5,11,13H2,1H3. The van der Waals surface area contributed by atoms with Crippen molar-refractivity contribution >= 4 is 5.91 Å². The van der Waals surface area contributed by atoms with Crippen LogP contribution in [-0.2, 0) is 7.05 Å². The molecule has 3 aromatic rings. The van der Waals surface area contributed by atoms with Crippen molar-refractivity contribution in [3.8, 4) is 5.82 Å². The molecule has 25 heavy (non-hydrogen) atoms. The second-order valence-corrected chi connectivity index (χ2v) is 6.30. The Kier molecular flexibility index (Phi) is 4.05. The van der Waals surface area contributed by atoms with E-state index in [1.54, 1.807) is 16.9 Å². The first kappa shape index (κ1) is 15.6. The fraction of sp³-hybridized carbons (Fsp3) is 0.333. The summed E-state index contributed by atoms with van der Waals surface area (Å²) >= 11 is 0. The molecule has 4 heterocycles. The van der Waals surface area contributed by atoms with Crippen LogP contribution in [0.4, 0.5) is 0 Å². The van der Waals surface area contributed by atoms with Crippen molar-refractivity contribution in [3.63, 3.8) is 0 Å². The van der Waals surface area contributed by atoms with Gasteiger partial charge in [0, 0.05) is 50.3 Å². The molecule has 7 heteroatoms. The van der Waals surface area contributed by atoms with Crippen LogP contribution in [0.5, 0.6) is 0 Å². The lowest BCUT2D eigenvalue weighted by molar-refractivity contribution is 0.0698. The Labute approximate surface area is 145 Å². The van der Waals surface area contributed by atoms with Crippen molar-refractivity contribution in [2.75, 3.05) is 13.1 Å². The molecule has 0 radical (unpaired) electrons. The second kappa shape index (κ2) is 6.51. The summed E-state index contributed by atoms with van der Waals surface area (Å²) in [6.07, 6.45) is 7.38. The van der Waals surface area contributed by atoms with Crippen molar-refractivity contribution < 1.29 is 4.79 Å². The molecule has 1 unspecified atom stereocenters. The quantitative estimate of drug-likeness (QED) is 0.734. The molecule has 1 atom stereocenters. The molecule has 4 rings (SSSR count).